The number of carbonyl (C=O) groups is 3. The van der Waals surface area contributed by atoms with E-state index >= 15 is 0 Å². The standard InChI is InChI=1S/C17H16BrFN2O3.C17H17FN2O3.C15H12FIN2O3.C15H14FIN2O.C10H10FIO.C7H4FIO.C5H4N2O3.CH4O2.CO.BHNS/c1-23-17(22)12-5-4-11(19)7-13(12)15(9-2-3-9)24-14-6-10(18)8-21-16(14)20;1-22-17(21)12-7-6-11(18)9-13(12)15(10-4-5-10)23-14-3-2-8-20-16(14)19;16-10-5-6-12(17)11(8-10)14(9-3-4-9)22-13-2-1-7-18-15(13)19(20)21;16-10-5-6-12(17)11(8-10)14(9-3-4-9)20-13-2-1-7-19-15(13)18;11-7-3-4-9(12)8(5-7)10(13)6-1-2-6;8-6-1-2-7(9)5(3-6)4-10;8-4-2-1-3-6-5(4)7(9)10;2-1-3;1-2;1-2-3/h4-9,15H,2-3H2,1H3,(H2,20,21);2-3,6-10,15H,4-5H2,1H3,(H2,19,20);1-2,5-9,14H,3-4H2;1-2,5-9,14H,3-4H2,(H2,18,19);3-6,10,13H,1-2H2;1-4H;1-3,8H;2-3H,1H2;;3H. The zero-order chi connectivity index (χ0) is 95.4. The van der Waals surface area contributed by atoms with E-state index in [0.717, 1.165) is 95.2 Å². The summed E-state index contributed by atoms with van der Waals surface area (Å²) in [7, 11) is 6.92. The maximum absolute atomic E-state index is 13.8. The number of hydrogen-bond donors (Lipinski definition) is 8. The van der Waals surface area contributed by atoms with Crippen LogP contribution in [0.4, 0.5) is 55.4 Å². The molecule has 11 aromatic rings. The van der Waals surface area contributed by atoms with Gasteiger partial charge in [-0.25, -0.2) is 50.9 Å². The number of aliphatic hydroxyl groups is 3. The molecule has 5 aliphatic carbocycles. The Labute approximate surface area is 811 Å². The van der Waals surface area contributed by atoms with E-state index in [2.05, 4.69) is 140 Å². The first-order chi connectivity index (χ1) is 62.3. The van der Waals surface area contributed by atoms with Crippen molar-refractivity contribution in [3.63, 3.8) is 0 Å². The summed E-state index contributed by atoms with van der Waals surface area (Å²) in [6.07, 6.45) is 16.0. The Kier molecular flexibility index (Phi) is 44.2. The van der Waals surface area contributed by atoms with Gasteiger partial charge in [0, 0.05) is 88.8 Å². The molecule has 5 fully saturated rings. The molecule has 42 heteroatoms. The number of rotatable bonds is 23. The third-order valence-corrected chi connectivity index (χ3v) is 23.3. The number of anilines is 3. The number of hydrogen-bond acceptors (Lipinski definition) is 27. The molecule has 0 aliphatic heterocycles. The summed E-state index contributed by atoms with van der Waals surface area (Å²) in [5, 5.41) is 53.9. The second kappa shape index (κ2) is 53.9. The number of nitrogens with two attached hydrogens (primary N) is 3. The molecule has 5 heterocycles. The zero-order valence-electron chi connectivity index (χ0n) is 68.6. The van der Waals surface area contributed by atoms with Gasteiger partial charge in [-0.05, 0) is 366 Å². The number of carbonyl (C=O) groups excluding carboxylic acids is 3. The first-order valence-electron chi connectivity index (χ1n) is 38.8. The van der Waals surface area contributed by atoms with Gasteiger partial charge in [0.2, 0.25) is 11.5 Å². The van der Waals surface area contributed by atoms with E-state index in [9.17, 15) is 66.1 Å². The molecular formula is C88H82BBrF6I4N11O18S. The van der Waals surface area contributed by atoms with Crippen LogP contribution < -0.4 is 36.1 Å². The summed E-state index contributed by atoms with van der Waals surface area (Å²) in [4.78, 5) is 73.1. The first kappa shape index (κ1) is 107. The number of aromatic hydroxyl groups is 1. The fraction of sp³-hybridized carbons (Fsp3) is 0.261. The van der Waals surface area contributed by atoms with Crippen molar-refractivity contribution in [2.75, 3.05) is 38.2 Å². The topological polar surface area (TPSA) is 449 Å². The van der Waals surface area contributed by atoms with Gasteiger partial charge in [-0.2, -0.15) is 0 Å². The molecule has 5 aromatic heterocycles. The molecule has 0 amide bonds. The van der Waals surface area contributed by atoms with E-state index < -0.39 is 76.2 Å². The number of aldehydes is 1. The van der Waals surface area contributed by atoms with Crippen molar-refractivity contribution in [3.8, 4) is 28.7 Å². The number of halogens is 11. The van der Waals surface area contributed by atoms with E-state index in [1.54, 1.807) is 85.3 Å². The van der Waals surface area contributed by atoms with Gasteiger partial charge in [-0.3, -0.25) is 4.79 Å². The summed E-state index contributed by atoms with van der Waals surface area (Å²) in [6, 6.07) is 40.4. The van der Waals surface area contributed by atoms with Crippen molar-refractivity contribution in [1.82, 2.24) is 24.9 Å². The number of methoxy groups -OCH3 is 2. The molecule has 683 valence electrons. The quantitative estimate of drug-likeness (QED) is 0.00252. The second-order valence-corrected chi connectivity index (χ2v) is 34.1. The number of nitrogen functional groups attached to an aromatic ring is 3. The van der Waals surface area contributed by atoms with Gasteiger partial charge >= 0.3 is 59.6 Å². The SMILES string of the molecule is COC(=O)c1ccc(F)cc1C(Oc1cc(Br)cnc1N)C1CC1.COC(=O)c1ccc(F)cc1C(Oc1cccnc1N)C1CC1.Nc1ncccc1OC(c1cc(F)ccc1I)C1CC1.O=Cc1cc(F)ccc1I.O=[N+]([O-])c1ncccc1O.O=[N+]([O-])c1ncccc1OC(c1cc(F)ccc1I)C1CC1.OC(c1cc(F)ccc1I)C1CC1.OCO.[B]=NS.[C-]#[O+]. The molecule has 29 nitrogen and oxygen atoms in total. The van der Waals surface area contributed by atoms with Gasteiger partial charge in [-0.1, -0.05) is 0 Å². The van der Waals surface area contributed by atoms with Crippen LogP contribution in [0.15, 0.2) is 204 Å². The van der Waals surface area contributed by atoms with Gasteiger partial charge in [0.25, 0.3) is 0 Å². The molecule has 0 bridgehead atoms. The predicted molar refractivity (Wildman–Crippen MR) is 507 cm³/mol. The average Bonchev–Trinajstić information content (AvgIpc) is 1.82. The number of aliphatic hydroxyl groups excluding tert-OH is 2. The van der Waals surface area contributed by atoms with Crippen LogP contribution in [-0.4, -0.2) is 102 Å². The summed E-state index contributed by atoms with van der Waals surface area (Å²) in [5.74, 6) is -0.616. The fourth-order valence-electron chi connectivity index (χ4n) is 12.1. The minimum absolute atomic E-state index is 0.115. The van der Waals surface area contributed by atoms with E-state index in [1.807, 2.05) is 22.6 Å². The Balaban J connectivity index is 0.000000209. The monoisotopic (exact) mass is 2320 g/mol. The van der Waals surface area contributed by atoms with Crippen LogP contribution in [0.3, 0.4) is 0 Å². The predicted octanol–water partition coefficient (Wildman–Crippen LogP) is 20.1. The van der Waals surface area contributed by atoms with Crippen LogP contribution in [0.2, 0.25) is 0 Å². The second-order valence-electron chi connectivity index (χ2n) is 28.3. The van der Waals surface area contributed by atoms with Crippen LogP contribution >= 0.6 is 119 Å². The number of nitrogens with zero attached hydrogens (tertiary/aromatic N) is 8. The Morgan fingerprint density at radius 3 is 1.17 bits per heavy atom. The molecule has 10 N–H and O–H groups in total. The van der Waals surface area contributed by atoms with Crippen molar-refractivity contribution in [2.24, 2.45) is 33.9 Å². The van der Waals surface area contributed by atoms with E-state index in [-0.39, 0.29) is 75.9 Å². The van der Waals surface area contributed by atoms with Crippen LogP contribution in [0.25, 0.3) is 0 Å². The van der Waals surface area contributed by atoms with Crippen molar-refractivity contribution in [1.29, 1.82) is 0 Å². The minimum atomic E-state index is -0.750. The van der Waals surface area contributed by atoms with E-state index in [4.69, 9.17) is 65.6 Å². The van der Waals surface area contributed by atoms with Crippen LogP contribution in [0.5, 0.6) is 28.7 Å². The van der Waals surface area contributed by atoms with Crippen molar-refractivity contribution in [2.45, 2.75) is 94.7 Å². The molecule has 16 rings (SSSR count). The van der Waals surface area contributed by atoms with E-state index in [1.165, 1.54) is 124 Å². The van der Waals surface area contributed by atoms with Crippen LogP contribution in [0.1, 0.15) is 154 Å². The number of pyridine rings is 5. The fourth-order valence-corrected chi connectivity index (χ4v) is 14.8. The third kappa shape index (κ3) is 33.8. The molecule has 5 aliphatic rings. The van der Waals surface area contributed by atoms with Crippen LogP contribution in [-0.2, 0) is 14.1 Å². The number of ether oxygens (including phenoxy) is 6. The first-order valence-corrected chi connectivity index (χ1v) is 44.3. The maximum atomic E-state index is 13.8. The number of thiol groups is 1. The third-order valence-electron chi connectivity index (χ3n) is 18.9. The Hall–Kier alpha value is -10.3. The molecule has 130 heavy (non-hydrogen) atoms. The van der Waals surface area contributed by atoms with Gasteiger partial charge in [0.15, 0.2) is 41.0 Å². The summed E-state index contributed by atoms with van der Waals surface area (Å²) in [6.45, 7) is 3.75. The van der Waals surface area contributed by atoms with Crippen molar-refractivity contribution < 1.29 is 104 Å². The Bertz CT molecular complexity index is 5700. The number of aromatic nitrogens is 5. The summed E-state index contributed by atoms with van der Waals surface area (Å²) >= 11 is 15.0. The summed E-state index contributed by atoms with van der Waals surface area (Å²) < 4.78 is 128. The molecule has 5 atom stereocenters. The average molecular weight is 2330 g/mol. The van der Waals surface area contributed by atoms with Gasteiger partial charge in [0.05, 0.1) is 31.5 Å². The van der Waals surface area contributed by atoms with Gasteiger partial charge in [-0.15, -0.1) is 0 Å². The molecule has 1 radical (unpaired) electrons. The zero-order valence-corrected chi connectivity index (χ0v) is 79.7. The van der Waals surface area contributed by atoms with Crippen molar-refractivity contribution >= 4 is 174 Å². The number of benzene rings is 6. The summed E-state index contributed by atoms with van der Waals surface area (Å²) in [5.41, 5.74) is 21.8. The van der Waals surface area contributed by atoms with E-state index in [0.29, 0.717) is 67.9 Å². The number of esters is 2. The molecule has 0 saturated heterocycles. The van der Waals surface area contributed by atoms with Gasteiger partial charge < -0.3 is 86.3 Å². The van der Waals surface area contributed by atoms with Gasteiger partial charge in [0.1, 0.15) is 78.5 Å². The molecule has 6 aromatic carbocycles. The van der Waals surface area contributed by atoms with Crippen molar-refractivity contribution in [3.05, 3.63) is 320 Å². The number of nitro groups is 2. The van der Waals surface area contributed by atoms with Crippen LogP contribution in [0, 0.1) is 106 Å². The molecule has 5 saturated carbocycles. The Morgan fingerprint density at radius 2 is 0.815 bits per heavy atom. The molecular weight excluding hydrogens is 2240 g/mol. The molecule has 0 spiro atoms. The Morgan fingerprint density at radius 1 is 0.508 bits per heavy atom. The molecule has 5 unspecified atom stereocenters. The normalized spacial score (nSPS) is 14.0.